The molecule has 1 aliphatic rings. The molecule has 21 heavy (non-hydrogen) atoms. The van der Waals surface area contributed by atoms with Crippen LogP contribution < -0.4 is 5.32 Å². The number of hydrogen-bond donors (Lipinski definition) is 2. The molecule has 1 aromatic carbocycles. The smallest absolute Gasteiger partial charge is 0.0621 e. The van der Waals surface area contributed by atoms with E-state index in [0.717, 1.165) is 32.6 Å². The molecule has 0 aliphatic heterocycles. The van der Waals surface area contributed by atoms with Gasteiger partial charge < -0.3 is 10.4 Å². The van der Waals surface area contributed by atoms with Crippen LogP contribution in [0.2, 0.25) is 0 Å². The van der Waals surface area contributed by atoms with Crippen LogP contribution in [0, 0.1) is 5.41 Å². The second kappa shape index (κ2) is 6.91. The molecule has 3 heteroatoms. The lowest BCUT2D eigenvalue weighted by Gasteiger charge is -2.49. The molecule has 0 amide bonds. The van der Waals surface area contributed by atoms with Crippen LogP contribution in [0.25, 0.3) is 0 Å². The molecule has 1 saturated carbocycles. The van der Waals surface area contributed by atoms with Crippen molar-refractivity contribution in [2.24, 2.45) is 5.41 Å². The summed E-state index contributed by atoms with van der Waals surface area (Å²) in [6, 6.07) is 9.32. The van der Waals surface area contributed by atoms with Crippen LogP contribution in [-0.4, -0.2) is 35.2 Å². The number of rotatable bonds is 7. The highest BCUT2D eigenvalue weighted by Crippen LogP contribution is 2.40. The van der Waals surface area contributed by atoms with E-state index in [9.17, 15) is 5.11 Å². The Morgan fingerprint density at radius 2 is 1.71 bits per heavy atom. The Kier molecular flexibility index (Phi) is 5.42. The third-order valence-corrected chi connectivity index (χ3v) is 5.09. The molecular formula is C18H30N2O. The van der Waals surface area contributed by atoms with E-state index in [2.05, 4.69) is 62.2 Å². The van der Waals surface area contributed by atoms with Gasteiger partial charge in [0.2, 0.25) is 0 Å². The van der Waals surface area contributed by atoms with Gasteiger partial charge in [-0.25, -0.2) is 0 Å². The number of aliphatic hydroxyl groups excluding tert-OH is 1. The molecule has 2 atom stereocenters. The van der Waals surface area contributed by atoms with Gasteiger partial charge in [-0.2, -0.15) is 0 Å². The van der Waals surface area contributed by atoms with Crippen molar-refractivity contribution >= 4 is 0 Å². The van der Waals surface area contributed by atoms with Gasteiger partial charge in [0.1, 0.15) is 0 Å². The molecule has 0 bridgehead atoms. The SMILES string of the molecule is CCN(CC)Cc1ccc(CNC2CC(O)C2(C)C)cc1. The fourth-order valence-corrected chi connectivity index (χ4v) is 2.96. The van der Waals surface area contributed by atoms with Gasteiger partial charge in [-0.05, 0) is 30.6 Å². The average Bonchev–Trinajstić information content (AvgIpc) is 2.50. The maximum absolute atomic E-state index is 9.77. The van der Waals surface area contributed by atoms with Crippen LogP contribution >= 0.6 is 0 Å². The van der Waals surface area contributed by atoms with E-state index >= 15 is 0 Å². The molecule has 2 rings (SSSR count). The Morgan fingerprint density at radius 1 is 1.14 bits per heavy atom. The molecule has 1 aliphatic carbocycles. The highest BCUT2D eigenvalue weighted by molar-refractivity contribution is 5.22. The van der Waals surface area contributed by atoms with Crippen LogP contribution in [0.3, 0.4) is 0 Å². The second-order valence-electron chi connectivity index (χ2n) is 6.78. The zero-order chi connectivity index (χ0) is 15.5. The Bertz CT molecular complexity index is 437. The summed E-state index contributed by atoms with van der Waals surface area (Å²) in [5.74, 6) is 0. The van der Waals surface area contributed by atoms with Crippen LogP contribution in [0.5, 0.6) is 0 Å². The summed E-state index contributed by atoms with van der Waals surface area (Å²) in [5, 5.41) is 13.3. The van der Waals surface area contributed by atoms with Crippen molar-refractivity contribution in [2.45, 2.75) is 59.4 Å². The average molecular weight is 290 g/mol. The van der Waals surface area contributed by atoms with Crippen molar-refractivity contribution < 1.29 is 5.11 Å². The van der Waals surface area contributed by atoms with E-state index in [1.807, 2.05) is 0 Å². The van der Waals surface area contributed by atoms with Gasteiger partial charge in [-0.1, -0.05) is 52.0 Å². The number of hydrogen-bond acceptors (Lipinski definition) is 3. The van der Waals surface area contributed by atoms with Crippen molar-refractivity contribution in [3.63, 3.8) is 0 Å². The molecule has 0 aromatic heterocycles. The molecule has 0 saturated heterocycles. The predicted molar refractivity (Wildman–Crippen MR) is 88.1 cm³/mol. The maximum atomic E-state index is 9.77. The second-order valence-corrected chi connectivity index (χ2v) is 6.78. The molecule has 118 valence electrons. The number of aliphatic hydroxyl groups is 1. The first kappa shape index (κ1) is 16.5. The third kappa shape index (κ3) is 3.85. The van der Waals surface area contributed by atoms with Crippen molar-refractivity contribution in [1.82, 2.24) is 10.2 Å². The highest BCUT2D eigenvalue weighted by atomic mass is 16.3. The van der Waals surface area contributed by atoms with Crippen molar-refractivity contribution in [3.05, 3.63) is 35.4 Å². The number of benzene rings is 1. The van der Waals surface area contributed by atoms with E-state index in [1.165, 1.54) is 11.1 Å². The lowest BCUT2D eigenvalue weighted by atomic mass is 9.64. The molecule has 1 aromatic rings. The zero-order valence-electron chi connectivity index (χ0n) is 13.9. The standard InChI is InChI=1S/C18H30N2O/c1-5-20(6-2)13-15-9-7-14(8-10-15)12-19-16-11-17(21)18(16,3)4/h7-10,16-17,19,21H,5-6,11-13H2,1-4H3. The van der Waals surface area contributed by atoms with E-state index < -0.39 is 0 Å². The largest absolute Gasteiger partial charge is 0.392 e. The Hall–Kier alpha value is -0.900. The van der Waals surface area contributed by atoms with Gasteiger partial charge in [0.05, 0.1) is 6.10 Å². The van der Waals surface area contributed by atoms with E-state index in [1.54, 1.807) is 0 Å². The van der Waals surface area contributed by atoms with Gasteiger partial charge in [-0.15, -0.1) is 0 Å². The van der Waals surface area contributed by atoms with Crippen LogP contribution in [-0.2, 0) is 13.1 Å². The van der Waals surface area contributed by atoms with Gasteiger partial charge in [0.15, 0.2) is 0 Å². The van der Waals surface area contributed by atoms with Crippen LogP contribution in [0.1, 0.15) is 45.2 Å². The number of nitrogens with one attached hydrogen (secondary N) is 1. The fraction of sp³-hybridized carbons (Fsp3) is 0.667. The van der Waals surface area contributed by atoms with Gasteiger partial charge >= 0.3 is 0 Å². The van der Waals surface area contributed by atoms with Gasteiger partial charge in [0, 0.05) is 24.5 Å². The van der Waals surface area contributed by atoms with Crippen molar-refractivity contribution in [1.29, 1.82) is 0 Å². The summed E-state index contributed by atoms with van der Waals surface area (Å²) >= 11 is 0. The summed E-state index contributed by atoms with van der Waals surface area (Å²) in [6.07, 6.45) is 0.707. The lowest BCUT2D eigenvalue weighted by Crippen LogP contribution is -2.59. The zero-order valence-corrected chi connectivity index (χ0v) is 13.9. The molecule has 0 heterocycles. The maximum Gasteiger partial charge on any atom is 0.0621 e. The monoisotopic (exact) mass is 290 g/mol. The minimum absolute atomic E-state index is 0.00267. The van der Waals surface area contributed by atoms with Crippen LogP contribution in [0.4, 0.5) is 0 Å². The minimum atomic E-state index is -0.161. The molecular weight excluding hydrogens is 260 g/mol. The predicted octanol–water partition coefficient (Wildman–Crippen LogP) is 2.78. The normalized spacial score (nSPS) is 24.1. The first-order valence-corrected chi connectivity index (χ1v) is 8.19. The quantitative estimate of drug-likeness (QED) is 0.810. The molecule has 0 spiro atoms. The molecule has 0 radical (unpaired) electrons. The summed E-state index contributed by atoms with van der Waals surface area (Å²) in [4.78, 5) is 2.42. The van der Waals surface area contributed by atoms with Crippen LogP contribution in [0.15, 0.2) is 24.3 Å². The summed E-state index contributed by atoms with van der Waals surface area (Å²) in [6.45, 7) is 12.8. The van der Waals surface area contributed by atoms with E-state index in [-0.39, 0.29) is 11.5 Å². The summed E-state index contributed by atoms with van der Waals surface area (Å²) < 4.78 is 0. The van der Waals surface area contributed by atoms with E-state index in [4.69, 9.17) is 0 Å². The topological polar surface area (TPSA) is 35.5 Å². The highest BCUT2D eigenvalue weighted by Gasteiger charge is 2.46. The van der Waals surface area contributed by atoms with Gasteiger partial charge in [0.25, 0.3) is 0 Å². The molecule has 3 nitrogen and oxygen atoms in total. The summed E-state index contributed by atoms with van der Waals surface area (Å²) in [5.41, 5.74) is 2.69. The van der Waals surface area contributed by atoms with Crippen molar-refractivity contribution in [2.75, 3.05) is 13.1 Å². The Labute approximate surface area is 129 Å². The summed E-state index contributed by atoms with van der Waals surface area (Å²) in [7, 11) is 0. The third-order valence-electron chi connectivity index (χ3n) is 5.09. The minimum Gasteiger partial charge on any atom is -0.392 e. The van der Waals surface area contributed by atoms with E-state index in [0.29, 0.717) is 6.04 Å². The molecule has 2 N–H and O–H groups in total. The fourth-order valence-electron chi connectivity index (χ4n) is 2.96. The van der Waals surface area contributed by atoms with Gasteiger partial charge in [-0.3, -0.25) is 4.90 Å². The Balaban J connectivity index is 1.83. The first-order valence-electron chi connectivity index (χ1n) is 8.19. The molecule has 2 unspecified atom stereocenters. The molecule has 1 fully saturated rings. The first-order chi connectivity index (χ1) is 9.97. The Morgan fingerprint density at radius 3 is 2.19 bits per heavy atom. The lowest BCUT2D eigenvalue weighted by molar-refractivity contribution is -0.0729. The number of nitrogens with zero attached hydrogens (tertiary/aromatic N) is 1. The van der Waals surface area contributed by atoms with Crippen molar-refractivity contribution in [3.8, 4) is 0 Å².